The fourth-order valence-electron chi connectivity index (χ4n) is 2.62. The highest BCUT2D eigenvalue weighted by atomic mass is 32.1. The molecule has 0 saturated carbocycles. The molecule has 0 saturated heterocycles. The number of thiazole rings is 1. The minimum atomic E-state index is 0.472. The van der Waals surface area contributed by atoms with Crippen molar-refractivity contribution in [2.75, 3.05) is 12.4 Å². The van der Waals surface area contributed by atoms with E-state index in [1.807, 2.05) is 60.8 Å². The lowest BCUT2D eigenvalue weighted by molar-refractivity contribution is 0.415. The van der Waals surface area contributed by atoms with Gasteiger partial charge >= 0.3 is 0 Å². The normalized spacial score (nSPS) is 10.7. The molecule has 0 fully saturated rings. The van der Waals surface area contributed by atoms with Crippen LogP contribution in [0.25, 0.3) is 11.4 Å². The fraction of sp³-hybridized carbons (Fsp3) is 0.158. The number of ether oxygens (including phenoxy) is 1. The van der Waals surface area contributed by atoms with E-state index in [0.29, 0.717) is 12.4 Å². The maximum absolute atomic E-state index is 5.17. The van der Waals surface area contributed by atoms with Crippen LogP contribution in [0.2, 0.25) is 0 Å². The van der Waals surface area contributed by atoms with Crippen LogP contribution in [-0.4, -0.2) is 32.3 Å². The quantitative estimate of drug-likeness (QED) is 0.548. The van der Waals surface area contributed by atoms with Crippen LogP contribution in [0.15, 0.2) is 53.9 Å². The number of methoxy groups -OCH3 is 1. The van der Waals surface area contributed by atoms with Crippen LogP contribution >= 0.6 is 11.3 Å². The van der Waals surface area contributed by atoms with E-state index in [0.717, 1.165) is 33.4 Å². The number of hydrogen-bond donors (Lipinski definition) is 1. The van der Waals surface area contributed by atoms with Crippen molar-refractivity contribution in [3.05, 3.63) is 65.2 Å². The molecule has 0 atom stereocenters. The fourth-order valence-corrected chi connectivity index (χ4v) is 3.34. The summed E-state index contributed by atoms with van der Waals surface area (Å²) in [6.07, 6.45) is 0. The summed E-state index contributed by atoms with van der Waals surface area (Å²) in [6.45, 7) is 2.51. The van der Waals surface area contributed by atoms with Crippen LogP contribution in [0.1, 0.15) is 11.3 Å². The average molecular weight is 378 g/mol. The molecule has 2 heterocycles. The number of rotatable bonds is 6. The van der Waals surface area contributed by atoms with Gasteiger partial charge in [0.1, 0.15) is 12.3 Å². The minimum Gasteiger partial charge on any atom is -0.497 e. The van der Waals surface area contributed by atoms with Gasteiger partial charge in [0, 0.05) is 16.6 Å². The van der Waals surface area contributed by atoms with E-state index in [1.54, 1.807) is 11.9 Å². The molecule has 0 unspecified atom stereocenters. The number of hydrogen-bond acceptors (Lipinski definition) is 7. The topological polar surface area (TPSA) is 77.8 Å². The second-order valence-electron chi connectivity index (χ2n) is 5.96. The van der Waals surface area contributed by atoms with Gasteiger partial charge in [-0.2, -0.15) is 4.80 Å². The summed E-state index contributed by atoms with van der Waals surface area (Å²) in [5, 5.41) is 18.9. The van der Waals surface area contributed by atoms with Crippen molar-refractivity contribution < 1.29 is 4.74 Å². The first kappa shape index (κ1) is 17.2. The summed E-state index contributed by atoms with van der Waals surface area (Å²) in [6, 6.07) is 15.7. The van der Waals surface area contributed by atoms with Gasteiger partial charge in [0.2, 0.25) is 5.82 Å². The van der Waals surface area contributed by atoms with Crippen molar-refractivity contribution in [2.24, 2.45) is 0 Å². The lowest BCUT2D eigenvalue weighted by Crippen LogP contribution is -2.04. The third-order valence-electron chi connectivity index (χ3n) is 4.04. The molecule has 4 aromatic rings. The monoisotopic (exact) mass is 378 g/mol. The van der Waals surface area contributed by atoms with Crippen molar-refractivity contribution in [1.82, 2.24) is 25.2 Å². The molecular weight excluding hydrogens is 360 g/mol. The van der Waals surface area contributed by atoms with Gasteiger partial charge in [-0.3, -0.25) is 0 Å². The number of nitrogens with one attached hydrogen (secondary N) is 1. The Bertz CT molecular complexity index is 1040. The predicted molar refractivity (Wildman–Crippen MR) is 105 cm³/mol. The molecule has 1 N–H and O–H groups in total. The summed E-state index contributed by atoms with van der Waals surface area (Å²) >= 11 is 1.54. The molecule has 7 nitrogen and oxygen atoms in total. The Morgan fingerprint density at radius 1 is 1.11 bits per heavy atom. The standard InChI is InChI=1S/C19H18N6OS/c1-13-5-3-4-6-17(13)18-22-24-25(23-18)11-15-12-27-19(21-15)20-14-7-9-16(26-2)10-8-14/h3-10,12H,11H2,1-2H3,(H,20,21). The molecule has 0 aliphatic rings. The van der Waals surface area contributed by atoms with E-state index in [9.17, 15) is 0 Å². The number of tetrazole rings is 1. The van der Waals surface area contributed by atoms with Crippen molar-refractivity contribution >= 4 is 22.2 Å². The van der Waals surface area contributed by atoms with Crippen LogP contribution in [0.3, 0.4) is 0 Å². The van der Waals surface area contributed by atoms with Crippen LogP contribution in [0.5, 0.6) is 5.75 Å². The van der Waals surface area contributed by atoms with E-state index in [-0.39, 0.29) is 0 Å². The molecule has 0 bridgehead atoms. The van der Waals surface area contributed by atoms with Crippen molar-refractivity contribution in [3.63, 3.8) is 0 Å². The summed E-state index contributed by atoms with van der Waals surface area (Å²) in [5.41, 5.74) is 3.95. The predicted octanol–water partition coefficient (Wildman–Crippen LogP) is 3.91. The van der Waals surface area contributed by atoms with Crippen LogP contribution in [0.4, 0.5) is 10.8 Å². The number of benzene rings is 2. The van der Waals surface area contributed by atoms with Gasteiger partial charge in [-0.15, -0.1) is 21.5 Å². The third-order valence-corrected chi connectivity index (χ3v) is 4.84. The maximum Gasteiger partial charge on any atom is 0.205 e. The Kier molecular flexibility index (Phi) is 4.80. The Morgan fingerprint density at radius 3 is 2.70 bits per heavy atom. The zero-order valence-electron chi connectivity index (χ0n) is 15.0. The first-order valence-electron chi connectivity index (χ1n) is 8.40. The van der Waals surface area contributed by atoms with Gasteiger partial charge in [-0.25, -0.2) is 4.98 Å². The Hall–Kier alpha value is -3.26. The summed E-state index contributed by atoms with van der Waals surface area (Å²) in [7, 11) is 1.65. The van der Waals surface area contributed by atoms with Crippen molar-refractivity contribution in [1.29, 1.82) is 0 Å². The molecule has 0 aliphatic heterocycles. The van der Waals surface area contributed by atoms with Crippen LogP contribution < -0.4 is 10.1 Å². The summed E-state index contributed by atoms with van der Waals surface area (Å²) < 4.78 is 5.17. The molecule has 136 valence electrons. The van der Waals surface area contributed by atoms with Crippen molar-refractivity contribution in [3.8, 4) is 17.1 Å². The number of nitrogens with zero attached hydrogens (tertiary/aromatic N) is 5. The highest BCUT2D eigenvalue weighted by Gasteiger charge is 2.10. The smallest absolute Gasteiger partial charge is 0.205 e. The molecule has 0 amide bonds. The third kappa shape index (κ3) is 3.95. The largest absolute Gasteiger partial charge is 0.497 e. The van der Waals surface area contributed by atoms with Gasteiger partial charge in [-0.1, -0.05) is 24.3 Å². The Balaban J connectivity index is 1.44. The molecule has 0 spiro atoms. The number of aromatic nitrogens is 5. The van der Waals surface area contributed by atoms with Crippen LogP contribution in [0, 0.1) is 6.92 Å². The van der Waals surface area contributed by atoms with Gasteiger partial charge in [-0.05, 0) is 42.0 Å². The molecule has 0 aliphatic carbocycles. The van der Waals surface area contributed by atoms with Crippen LogP contribution in [-0.2, 0) is 6.54 Å². The molecule has 2 aromatic heterocycles. The first-order chi connectivity index (χ1) is 13.2. The molecule has 2 aromatic carbocycles. The highest BCUT2D eigenvalue weighted by Crippen LogP contribution is 2.23. The van der Waals surface area contributed by atoms with E-state index in [2.05, 4.69) is 25.7 Å². The van der Waals surface area contributed by atoms with E-state index >= 15 is 0 Å². The summed E-state index contributed by atoms with van der Waals surface area (Å²) in [4.78, 5) is 6.15. The van der Waals surface area contributed by atoms with E-state index in [4.69, 9.17) is 4.74 Å². The van der Waals surface area contributed by atoms with Gasteiger partial charge in [0.15, 0.2) is 5.13 Å². The Labute approximate surface area is 160 Å². The lowest BCUT2D eigenvalue weighted by Gasteiger charge is -2.03. The number of anilines is 2. The molecule has 0 radical (unpaired) electrons. The van der Waals surface area contributed by atoms with Crippen molar-refractivity contribution in [2.45, 2.75) is 13.5 Å². The molecule has 8 heteroatoms. The zero-order valence-corrected chi connectivity index (χ0v) is 15.8. The molecular formula is C19H18N6OS. The lowest BCUT2D eigenvalue weighted by atomic mass is 10.1. The molecule has 4 rings (SSSR count). The maximum atomic E-state index is 5.17. The SMILES string of the molecule is COc1ccc(Nc2nc(Cn3nnc(-c4ccccc4C)n3)cs2)cc1. The van der Waals surface area contributed by atoms with Gasteiger partial charge in [0.05, 0.1) is 12.8 Å². The second-order valence-corrected chi connectivity index (χ2v) is 6.81. The first-order valence-corrected chi connectivity index (χ1v) is 9.28. The minimum absolute atomic E-state index is 0.472. The summed E-state index contributed by atoms with van der Waals surface area (Å²) in [5.74, 6) is 1.45. The zero-order chi connectivity index (χ0) is 18.6. The second kappa shape index (κ2) is 7.55. The van der Waals surface area contributed by atoms with Gasteiger partial charge in [0.25, 0.3) is 0 Å². The van der Waals surface area contributed by atoms with E-state index < -0.39 is 0 Å². The van der Waals surface area contributed by atoms with E-state index in [1.165, 1.54) is 11.3 Å². The average Bonchev–Trinajstić information content (AvgIpc) is 3.33. The number of aryl methyl sites for hydroxylation is 1. The van der Waals surface area contributed by atoms with Gasteiger partial charge < -0.3 is 10.1 Å². The highest BCUT2D eigenvalue weighted by molar-refractivity contribution is 7.13. The molecule has 27 heavy (non-hydrogen) atoms. The Morgan fingerprint density at radius 2 is 1.93 bits per heavy atom.